The van der Waals surface area contributed by atoms with E-state index in [0.717, 1.165) is 45.4 Å². The zero-order valence-corrected chi connectivity index (χ0v) is 10.9. The van der Waals surface area contributed by atoms with Gasteiger partial charge in [0.25, 0.3) is 0 Å². The van der Waals surface area contributed by atoms with E-state index >= 15 is 0 Å². The summed E-state index contributed by atoms with van der Waals surface area (Å²) in [4.78, 5) is 14.6. The zero-order valence-electron chi connectivity index (χ0n) is 10.9. The molecule has 0 saturated carbocycles. The van der Waals surface area contributed by atoms with Crippen molar-refractivity contribution in [1.82, 2.24) is 15.5 Å². The molecule has 2 aliphatic rings. The number of rotatable bonds is 4. The summed E-state index contributed by atoms with van der Waals surface area (Å²) >= 11 is 0. The second-order valence-corrected chi connectivity index (χ2v) is 5.25. The van der Waals surface area contributed by atoms with Crippen molar-refractivity contribution in [2.75, 3.05) is 26.2 Å². The number of likely N-dealkylation sites (tertiary alicyclic amines) is 1. The first-order chi connectivity index (χ1) is 8.31. The summed E-state index contributed by atoms with van der Waals surface area (Å²) < 4.78 is 0. The number of nitrogens with zero attached hydrogens (tertiary/aromatic N) is 1. The fourth-order valence-corrected chi connectivity index (χ4v) is 2.95. The molecule has 2 atom stereocenters. The van der Waals surface area contributed by atoms with Crippen LogP contribution in [-0.4, -0.2) is 49.1 Å². The van der Waals surface area contributed by atoms with E-state index in [2.05, 4.69) is 22.5 Å². The van der Waals surface area contributed by atoms with E-state index < -0.39 is 0 Å². The molecule has 0 aromatic heterocycles. The number of hydrogen-bond acceptors (Lipinski definition) is 3. The maximum absolute atomic E-state index is 12.2. The number of piperidine rings is 1. The third-order valence-corrected chi connectivity index (χ3v) is 3.82. The lowest BCUT2D eigenvalue weighted by Crippen LogP contribution is -2.51. The van der Waals surface area contributed by atoms with Gasteiger partial charge in [-0.25, -0.2) is 0 Å². The predicted octanol–water partition coefficient (Wildman–Crippen LogP) is 0.729. The van der Waals surface area contributed by atoms with Crippen LogP contribution in [0.2, 0.25) is 0 Å². The average Bonchev–Trinajstić information content (AvgIpc) is 2.79. The largest absolute Gasteiger partial charge is 0.351 e. The highest BCUT2D eigenvalue weighted by Crippen LogP contribution is 2.18. The standard InChI is InChI=1S/C13H25N3O/c1-2-8-16-9-4-6-12(16)13(17)15-11-5-3-7-14-10-11/h11-12,14H,2-10H2,1H3,(H,15,17)/t11-,12?/m0/s1. The highest BCUT2D eigenvalue weighted by molar-refractivity contribution is 5.82. The molecule has 1 unspecified atom stereocenters. The molecule has 2 fully saturated rings. The Labute approximate surface area is 104 Å². The summed E-state index contributed by atoms with van der Waals surface area (Å²) in [5, 5.41) is 6.54. The second kappa shape index (κ2) is 6.36. The van der Waals surface area contributed by atoms with Gasteiger partial charge in [0.1, 0.15) is 0 Å². The summed E-state index contributed by atoms with van der Waals surface area (Å²) in [7, 11) is 0. The predicted molar refractivity (Wildman–Crippen MR) is 68.9 cm³/mol. The number of carbonyl (C=O) groups is 1. The van der Waals surface area contributed by atoms with Crippen LogP contribution in [0.1, 0.15) is 39.0 Å². The summed E-state index contributed by atoms with van der Waals surface area (Å²) in [6.45, 7) is 6.36. The molecule has 17 heavy (non-hydrogen) atoms. The Balaban J connectivity index is 1.81. The molecule has 2 aliphatic heterocycles. The zero-order chi connectivity index (χ0) is 12.1. The Morgan fingerprint density at radius 1 is 1.41 bits per heavy atom. The summed E-state index contributed by atoms with van der Waals surface area (Å²) in [6, 6.07) is 0.484. The van der Waals surface area contributed by atoms with Crippen LogP contribution in [0.5, 0.6) is 0 Å². The van der Waals surface area contributed by atoms with Crippen molar-refractivity contribution in [3.8, 4) is 0 Å². The fraction of sp³-hybridized carbons (Fsp3) is 0.923. The van der Waals surface area contributed by atoms with Crippen molar-refractivity contribution >= 4 is 5.91 Å². The van der Waals surface area contributed by atoms with Crippen LogP contribution in [0.15, 0.2) is 0 Å². The molecule has 0 aromatic carbocycles. The molecule has 1 amide bonds. The number of carbonyl (C=O) groups excluding carboxylic acids is 1. The molecule has 2 heterocycles. The van der Waals surface area contributed by atoms with Gasteiger partial charge in [-0.05, 0) is 51.7 Å². The monoisotopic (exact) mass is 239 g/mol. The van der Waals surface area contributed by atoms with Crippen molar-refractivity contribution < 1.29 is 4.79 Å². The topological polar surface area (TPSA) is 44.4 Å². The molecular formula is C13H25N3O. The van der Waals surface area contributed by atoms with E-state index in [0.29, 0.717) is 6.04 Å². The van der Waals surface area contributed by atoms with E-state index in [1.54, 1.807) is 0 Å². The highest BCUT2D eigenvalue weighted by atomic mass is 16.2. The van der Waals surface area contributed by atoms with E-state index in [9.17, 15) is 4.79 Å². The molecule has 2 saturated heterocycles. The normalized spacial score (nSPS) is 30.4. The van der Waals surface area contributed by atoms with Crippen molar-refractivity contribution in [2.45, 2.75) is 51.1 Å². The van der Waals surface area contributed by atoms with Crippen molar-refractivity contribution in [3.63, 3.8) is 0 Å². The van der Waals surface area contributed by atoms with E-state index in [1.807, 2.05) is 0 Å². The SMILES string of the molecule is CCCN1CCCC1C(=O)N[C@H]1CCCNC1. The minimum atomic E-state index is 0.136. The number of hydrogen-bond donors (Lipinski definition) is 2. The molecule has 0 aliphatic carbocycles. The molecule has 0 aromatic rings. The van der Waals surface area contributed by atoms with Gasteiger partial charge in [0.15, 0.2) is 0 Å². The first kappa shape index (κ1) is 12.8. The third kappa shape index (κ3) is 3.42. The Kier molecular flexibility index (Phi) is 4.80. The van der Waals surface area contributed by atoms with Gasteiger partial charge in [0.05, 0.1) is 6.04 Å². The Morgan fingerprint density at radius 3 is 3.00 bits per heavy atom. The van der Waals surface area contributed by atoms with Crippen LogP contribution in [-0.2, 0) is 4.79 Å². The Morgan fingerprint density at radius 2 is 2.29 bits per heavy atom. The van der Waals surface area contributed by atoms with Crippen LogP contribution in [0.25, 0.3) is 0 Å². The summed E-state index contributed by atoms with van der Waals surface area (Å²) in [6.07, 6.45) is 5.63. The maximum atomic E-state index is 12.2. The van der Waals surface area contributed by atoms with Gasteiger partial charge in [-0.1, -0.05) is 6.92 Å². The van der Waals surface area contributed by atoms with Gasteiger partial charge in [-0.15, -0.1) is 0 Å². The van der Waals surface area contributed by atoms with Gasteiger partial charge in [-0.3, -0.25) is 9.69 Å². The molecule has 0 radical (unpaired) electrons. The van der Waals surface area contributed by atoms with Crippen LogP contribution in [0, 0.1) is 0 Å². The lowest BCUT2D eigenvalue weighted by atomic mass is 10.1. The van der Waals surface area contributed by atoms with E-state index in [4.69, 9.17) is 0 Å². The molecule has 98 valence electrons. The molecule has 0 spiro atoms. The van der Waals surface area contributed by atoms with Crippen molar-refractivity contribution in [3.05, 3.63) is 0 Å². The van der Waals surface area contributed by atoms with E-state index in [1.165, 1.54) is 12.8 Å². The van der Waals surface area contributed by atoms with Crippen LogP contribution < -0.4 is 10.6 Å². The van der Waals surface area contributed by atoms with Crippen molar-refractivity contribution in [2.24, 2.45) is 0 Å². The number of amides is 1. The minimum absolute atomic E-state index is 0.136. The highest BCUT2D eigenvalue weighted by Gasteiger charge is 2.31. The third-order valence-electron chi connectivity index (χ3n) is 3.82. The van der Waals surface area contributed by atoms with Crippen molar-refractivity contribution in [1.29, 1.82) is 0 Å². The first-order valence-electron chi connectivity index (χ1n) is 7.06. The molecule has 4 heteroatoms. The fourth-order valence-electron chi connectivity index (χ4n) is 2.95. The molecular weight excluding hydrogens is 214 g/mol. The lowest BCUT2D eigenvalue weighted by Gasteiger charge is -2.28. The van der Waals surface area contributed by atoms with Gasteiger partial charge < -0.3 is 10.6 Å². The van der Waals surface area contributed by atoms with Crippen LogP contribution in [0.3, 0.4) is 0 Å². The van der Waals surface area contributed by atoms with Gasteiger partial charge in [-0.2, -0.15) is 0 Å². The van der Waals surface area contributed by atoms with Gasteiger partial charge >= 0.3 is 0 Å². The molecule has 0 bridgehead atoms. The number of nitrogens with one attached hydrogen (secondary N) is 2. The average molecular weight is 239 g/mol. The maximum Gasteiger partial charge on any atom is 0.237 e. The van der Waals surface area contributed by atoms with Gasteiger partial charge in [0.2, 0.25) is 5.91 Å². The Bertz CT molecular complexity index is 251. The summed E-state index contributed by atoms with van der Waals surface area (Å²) in [5.74, 6) is 0.254. The lowest BCUT2D eigenvalue weighted by molar-refractivity contribution is -0.126. The molecule has 2 rings (SSSR count). The first-order valence-corrected chi connectivity index (χ1v) is 7.06. The molecule has 4 nitrogen and oxygen atoms in total. The quantitative estimate of drug-likeness (QED) is 0.760. The second-order valence-electron chi connectivity index (χ2n) is 5.25. The Hall–Kier alpha value is -0.610. The minimum Gasteiger partial charge on any atom is -0.351 e. The smallest absolute Gasteiger partial charge is 0.237 e. The van der Waals surface area contributed by atoms with Crippen LogP contribution >= 0.6 is 0 Å². The summed E-state index contributed by atoms with van der Waals surface area (Å²) in [5.41, 5.74) is 0. The molecule has 2 N–H and O–H groups in total. The van der Waals surface area contributed by atoms with Gasteiger partial charge in [0, 0.05) is 12.6 Å². The van der Waals surface area contributed by atoms with E-state index in [-0.39, 0.29) is 11.9 Å². The van der Waals surface area contributed by atoms with Crippen LogP contribution in [0.4, 0.5) is 0 Å².